The third-order valence-electron chi connectivity index (χ3n) is 8.27. The van der Waals surface area contributed by atoms with Gasteiger partial charge in [-0.15, -0.1) is 0 Å². The summed E-state index contributed by atoms with van der Waals surface area (Å²) in [6.07, 6.45) is -1.61. The summed E-state index contributed by atoms with van der Waals surface area (Å²) < 4.78 is 50.3. The van der Waals surface area contributed by atoms with Gasteiger partial charge >= 0.3 is 12.1 Å². The first-order valence-corrected chi connectivity index (χ1v) is 11.4. The molecule has 0 amide bonds. The van der Waals surface area contributed by atoms with Gasteiger partial charge in [0.2, 0.25) is 0 Å². The lowest BCUT2D eigenvalue weighted by Gasteiger charge is -2.38. The van der Waals surface area contributed by atoms with Crippen LogP contribution < -0.4 is 10.1 Å². The molecule has 0 aromatic heterocycles. The molecule has 2 aromatic carbocycles. The predicted molar refractivity (Wildman–Crippen MR) is 122 cm³/mol. The Morgan fingerprint density at radius 1 is 1.18 bits per heavy atom. The van der Waals surface area contributed by atoms with Crippen LogP contribution in [-0.4, -0.2) is 24.3 Å². The number of carbonyl (C=O) groups excluding carboxylic acids is 1. The number of benzene rings is 2. The predicted octanol–water partition coefficient (Wildman–Crippen LogP) is 6.40. The van der Waals surface area contributed by atoms with E-state index in [4.69, 9.17) is 9.47 Å². The van der Waals surface area contributed by atoms with Crippen molar-refractivity contribution in [2.24, 2.45) is 16.7 Å². The second-order valence-corrected chi connectivity index (χ2v) is 10.1. The SMILES string of the molecule is COc1cc(NCc2cc(C(F)(F)F)ccc2O)ccc1C(=O)OC1CC2CCC1(C)C2(C)C. The molecule has 0 heterocycles. The maximum Gasteiger partial charge on any atom is 0.416 e. The van der Waals surface area contributed by atoms with Crippen LogP contribution in [0.15, 0.2) is 36.4 Å². The van der Waals surface area contributed by atoms with Crippen molar-refractivity contribution in [2.45, 2.75) is 58.9 Å². The van der Waals surface area contributed by atoms with Gasteiger partial charge < -0.3 is 19.9 Å². The molecule has 0 saturated heterocycles. The van der Waals surface area contributed by atoms with Crippen molar-refractivity contribution in [3.05, 3.63) is 53.1 Å². The van der Waals surface area contributed by atoms with E-state index < -0.39 is 17.7 Å². The highest BCUT2D eigenvalue weighted by molar-refractivity contribution is 5.93. The van der Waals surface area contributed by atoms with E-state index in [-0.39, 0.29) is 34.8 Å². The molecule has 2 bridgehead atoms. The average molecular weight is 478 g/mol. The minimum Gasteiger partial charge on any atom is -0.508 e. The number of phenolic OH excluding ortho intramolecular Hbond substituents is 1. The number of phenols is 1. The van der Waals surface area contributed by atoms with Crippen LogP contribution in [0.3, 0.4) is 0 Å². The van der Waals surface area contributed by atoms with Crippen LogP contribution in [0.5, 0.6) is 11.5 Å². The van der Waals surface area contributed by atoms with E-state index >= 15 is 0 Å². The molecule has 0 radical (unpaired) electrons. The molecule has 0 spiro atoms. The Morgan fingerprint density at radius 2 is 1.91 bits per heavy atom. The molecule has 2 saturated carbocycles. The summed E-state index contributed by atoms with van der Waals surface area (Å²) in [5.41, 5.74) is 0.136. The third kappa shape index (κ3) is 4.07. The van der Waals surface area contributed by atoms with E-state index in [0.717, 1.165) is 37.5 Å². The minimum atomic E-state index is -4.50. The fraction of sp³-hybridized carbons (Fsp3) is 0.500. The zero-order valence-electron chi connectivity index (χ0n) is 19.8. The Morgan fingerprint density at radius 3 is 2.50 bits per heavy atom. The van der Waals surface area contributed by atoms with Crippen LogP contribution in [0.2, 0.25) is 0 Å². The molecule has 184 valence electrons. The summed E-state index contributed by atoms with van der Waals surface area (Å²) in [7, 11) is 1.44. The number of nitrogens with one attached hydrogen (secondary N) is 1. The lowest BCUT2D eigenvalue weighted by molar-refractivity contribution is -0.137. The summed E-state index contributed by atoms with van der Waals surface area (Å²) in [5, 5.41) is 12.9. The van der Waals surface area contributed by atoms with Gasteiger partial charge in [0, 0.05) is 29.3 Å². The van der Waals surface area contributed by atoms with Gasteiger partial charge in [0.15, 0.2) is 0 Å². The summed E-state index contributed by atoms with van der Waals surface area (Å²) >= 11 is 0. The number of aromatic hydroxyl groups is 1. The van der Waals surface area contributed by atoms with Crippen molar-refractivity contribution >= 4 is 11.7 Å². The number of ether oxygens (including phenoxy) is 2. The van der Waals surface area contributed by atoms with Gasteiger partial charge in [-0.3, -0.25) is 0 Å². The number of methoxy groups -OCH3 is 1. The molecule has 8 heteroatoms. The first-order chi connectivity index (χ1) is 15.9. The quantitative estimate of drug-likeness (QED) is 0.471. The van der Waals surface area contributed by atoms with Crippen molar-refractivity contribution < 1.29 is 32.5 Å². The van der Waals surface area contributed by atoms with Gasteiger partial charge in [0.05, 0.1) is 12.7 Å². The lowest BCUT2D eigenvalue weighted by atomic mass is 9.70. The molecule has 3 unspecified atom stereocenters. The van der Waals surface area contributed by atoms with E-state index in [2.05, 4.69) is 26.1 Å². The average Bonchev–Trinajstić information content (AvgIpc) is 3.11. The van der Waals surface area contributed by atoms with Crippen LogP contribution in [0, 0.1) is 16.7 Å². The van der Waals surface area contributed by atoms with Gasteiger partial charge in [-0.1, -0.05) is 20.8 Å². The molecule has 2 aromatic rings. The Kier molecular flexibility index (Phi) is 5.98. The fourth-order valence-electron chi connectivity index (χ4n) is 5.57. The van der Waals surface area contributed by atoms with Crippen LogP contribution in [-0.2, 0) is 17.5 Å². The van der Waals surface area contributed by atoms with Crippen molar-refractivity contribution in [1.29, 1.82) is 0 Å². The number of hydrogen-bond acceptors (Lipinski definition) is 5. The summed E-state index contributed by atoms with van der Waals surface area (Å²) in [6.45, 7) is 6.66. The molecule has 2 N–H and O–H groups in total. The van der Waals surface area contributed by atoms with Gasteiger partial charge in [-0.25, -0.2) is 4.79 Å². The van der Waals surface area contributed by atoms with Crippen LogP contribution in [0.25, 0.3) is 0 Å². The molecule has 3 atom stereocenters. The Bertz CT molecular complexity index is 1100. The van der Waals surface area contributed by atoms with Gasteiger partial charge in [0.1, 0.15) is 23.2 Å². The largest absolute Gasteiger partial charge is 0.508 e. The minimum absolute atomic E-state index is 0.0421. The standard InChI is InChI=1S/C26H30F3NO4/c1-24(2)16-9-10-25(24,3)22(12-16)34-23(32)19-7-6-18(13-21(19)33-4)30-14-15-11-17(26(27,28)29)5-8-20(15)31/h5-8,11,13,16,22,30-31H,9-10,12,14H2,1-4H3. The Labute approximate surface area is 197 Å². The number of alkyl halides is 3. The molecule has 2 aliphatic rings. The monoisotopic (exact) mass is 477 g/mol. The zero-order valence-corrected chi connectivity index (χ0v) is 19.8. The highest BCUT2D eigenvalue weighted by Gasteiger charge is 2.62. The van der Waals surface area contributed by atoms with E-state index in [0.29, 0.717) is 22.9 Å². The lowest BCUT2D eigenvalue weighted by Crippen LogP contribution is -2.38. The van der Waals surface area contributed by atoms with E-state index in [1.807, 2.05) is 0 Å². The number of fused-ring (bicyclic) bond motifs is 2. The third-order valence-corrected chi connectivity index (χ3v) is 8.27. The second-order valence-electron chi connectivity index (χ2n) is 10.1. The maximum atomic E-state index is 13.0. The summed E-state index contributed by atoms with van der Waals surface area (Å²) in [5.74, 6) is 0.148. The van der Waals surface area contributed by atoms with E-state index in [9.17, 15) is 23.1 Å². The normalized spacial score (nSPS) is 25.3. The number of esters is 1. The second kappa shape index (κ2) is 8.40. The molecular formula is C26H30F3NO4. The van der Waals surface area contributed by atoms with Gasteiger partial charge in [0.25, 0.3) is 0 Å². The Hall–Kier alpha value is -2.90. The number of carbonyl (C=O) groups is 1. The first kappa shape index (κ1) is 24.2. The van der Waals surface area contributed by atoms with Crippen molar-refractivity contribution in [1.82, 2.24) is 0 Å². The first-order valence-electron chi connectivity index (χ1n) is 11.4. The molecule has 34 heavy (non-hydrogen) atoms. The molecule has 5 nitrogen and oxygen atoms in total. The zero-order chi connectivity index (χ0) is 24.9. The van der Waals surface area contributed by atoms with Crippen molar-refractivity contribution in [2.75, 3.05) is 12.4 Å². The number of hydrogen-bond donors (Lipinski definition) is 2. The van der Waals surface area contributed by atoms with Crippen LogP contribution in [0.4, 0.5) is 18.9 Å². The highest BCUT2D eigenvalue weighted by atomic mass is 19.4. The summed E-state index contributed by atoms with van der Waals surface area (Å²) in [6, 6.07) is 7.57. The maximum absolute atomic E-state index is 13.0. The van der Waals surface area contributed by atoms with E-state index in [1.165, 1.54) is 7.11 Å². The van der Waals surface area contributed by atoms with E-state index in [1.54, 1.807) is 18.2 Å². The molecule has 0 aliphatic heterocycles. The molecule has 2 fully saturated rings. The van der Waals surface area contributed by atoms with Gasteiger partial charge in [-0.05, 0) is 60.9 Å². The summed E-state index contributed by atoms with van der Waals surface area (Å²) in [4.78, 5) is 13.0. The molecule has 4 rings (SSSR count). The number of anilines is 1. The van der Waals surface area contributed by atoms with Crippen molar-refractivity contribution in [3.8, 4) is 11.5 Å². The van der Waals surface area contributed by atoms with Crippen LogP contribution in [0.1, 0.15) is 61.5 Å². The van der Waals surface area contributed by atoms with Crippen molar-refractivity contribution in [3.63, 3.8) is 0 Å². The Balaban J connectivity index is 1.47. The number of rotatable bonds is 6. The highest BCUT2D eigenvalue weighted by Crippen LogP contribution is 2.66. The molecule has 2 aliphatic carbocycles. The smallest absolute Gasteiger partial charge is 0.416 e. The number of halogens is 3. The van der Waals surface area contributed by atoms with Crippen LogP contribution >= 0.6 is 0 Å². The van der Waals surface area contributed by atoms with Gasteiger partial charge in [-0.2, -0.15) is 13.2 Å². The fourth-order valence-corrected chi connectivity index (χ4v) is 5.57. The topological polar surface area (TPSA) is 67.8 Å². The molecular weight excluding hydrogens is 447 g/mol.